The van der Waals surface area contributed by atoms with Crippen LogP contribution < -0.4 is 10.5 Å². The lowest BCUT2D eigenvalue weighted by atomic mass is 10.2. The standard InChI is InChI=1S/C9H9F4NO/c10-3-4-15-8-2-1-6(5-7(8)14)9(11,12)13/h1-2,5H,3-4,14H2. The first-order valence-electron chi connectivity index (χ1n) is 4.10. The minimum Gasteiger partial charge on any atom is -0.489 e. The Morgan fingerprint density at radius 1 is 1.27 bits per heavy atom. The van der Waals surface area contributed by atoms with Crippen molar-refractivity contribution >= 4 is 5.69 Å². The van der Waals surface area contributed by atoms with E-state index in [2.05, 4.69) is 0 Å². The van der Waals surface area contributed by atoms with Crippen LogP contribution in [-0.2, 0) is 6.18 Å². The summed E-state index contributed by atoms with van der Waals surface area (Å²) in [7, 11) is 0. The van der Waals surface area contributed by atoms with E-state index >= 15 is 0 Å². The largest absolute Gasteiger partial charge is 0.489 e. The second kappa shape index (κ2) is 4.37. The van der Waals surface area contributed by atoms with Crippen molar-refractivity contribution in [3.8, 4) is 5.75 Å². The molecular weight excluding hydrogens is 214 g/mol. The van der Waals surface area contributed by atoms with Crippen molar-refractivity contribution in [1.29, 1.82) is 0 Å². The SMILES string of the molecule is Nc1cc(C(F)(F)F)ccc1OCCF. The Balaban J connectivity index is 2.88. The van der Waals surface area contributed by atoms with E-state index in [1.807, 2.05) is 0 Å². The van der Waals surface area contributed by atoms with Crippen molar-refractivity contribution < 1.29 is 22.3 Å². The Morgan fingerprint density at radius 3 is 2.40 bits per heavy atom. The first kappa shape index (κ1) is 11.6. The van der Waals surface area contributed by atoms with E-state index in [0.29, 0.717) is 0 Å². The molecule has 0 aliphatic rings. The summed E-state index contributed by atoms with van der Waals surface area (Å²) in [5.41, 5.74) is 4.30. The summed E-state index contributed by atoms with van der Waals surface area (Å²) in [5, 5.41) is 0. The number of ether oxygens (including phenoxy) is 1. The van der Waals surface area contributed by atoms with Crippen LogP contribution in [0.25, 0.3) is 0 Å². The zero-order chi connectivity index (χ0) is 11.5. The number of alkyl halides is 4. The van der Waals surface area contributed by atoms with Crippen LogP contribution in [0.15, 0.2) is 18.2 Å². The van der Waals surface area contributed by atoms with Crippen molar-refractivity contribution in [2.24, 2.45) is 0 Å². The highest BCUT2D eigenvalue weighted by atomic mass is 19.4. The minimum absolute atomic E-state index is 0.0562. The lowest BCUT2D eigenvalue weighted by Gasteiger charge is -2.10. The number of nitrogen functional groups attached to an aromatic ring is 1. The average molecular weight is 223 g/mol. The third kappa shape index (κ3) is 3.00. The predicted molar refractivity (Wildman–Crippen MR) is 47.3 cm³/mol. The van der Waals surface area contributed by atoms with Gasteiger partial charge in [0.25, 0.3) is 0 Å². The van der Waals surface area contributed by atoms with Gasteiger partial charge in [0.05, 0.1) is 11.3 Å². The number of halogens is 4. The summed E-state index contributed by atoms with van der Waals surface area (Å²) < 4.78 is 53.1. The number of nitrogens with two attached hydrogens (primary N) is 1. The molecule has 0 atom stereocenters. The molecule has 0 fully saturated rings. The summed E-state index contributed by atoms with van der Waals surface area (Å²) in [4.78, 5) is 0. The van der Waals surface area contributed by atoms with E-state index in [4.69, 9.17) is 10.5 Å². The van der Waals surface area contributed by atoms with Gasteiger partial charge in [-0.25, -0.2) is 4.39 Å². The maximum atomic E-state index is 12.2. The molecule has 2 nitrogen and oxygen atoms in total. The molecule has 15 heavy (non-hydrogen) atoms. The summed E-state index contributed by atoms with van der Waals surface area (Å²) in [6.07, 6.45) is -4.44. The van der Waals surface area contributed by atoms with Gasteiger partial charge < -0.3 is 10.5 Å². The fourth-order valence-corrected chi connectivity index (χ4v) is 1.00. The van der Waals surface area contributed by atoms with E-state index < -0.39 is 18.4 Å². The molecule has 0 saturated heterocycles. The Labute approximate surface area is 83.6 Å². The highest BCUT2D eigenvalue weighted by Gasteiger charge is 2.30. The fourth-order valence-electron chi connectivity index (χ4n) is 1.00. The van der Waals surface area contributed by atoms with Crippen molar-refractivity contribution in [3.63, 3.8) is 0 Å². The van der Waals surface area contributed by atoms with E-state index in [9.17, 15) is 17.6 Å². The van der Waals surface area contributed by atoms with Crippen LogP contribution >= 0.6 is 0 Å². The van der Waals surface area contributed by atoms with Gasteiger partial charge in [-0.1, -0.05) is 0 Å². The van der Waals surface area contributed by atoms with Crippen LogP contribution in [0, 0.1) is 0 Å². The monoisotopic (exact) mass is 223 g/mol. The van der Waals surface area contributed by atoms with Crippen LogP contribution in [0.3, 0.4) is 0 Å². The maximum Gasteiger partial charge on any atom is 0.416 e. The summed E-state index contributed by atoms with van der Waals surface area (Å²) in [5.74, 6) is 0.0562. The molecule has 1 aromatic rings. The van der Waals surface area contributed by atoms with Gasteiger partial charge in [0.15, 0.2) is 0 Å². The first-order valence-corrected chi connectivity index (χ1v) is 4.10. The number of hydrogen-bond donors (Lipinski definition) is 1. The molecule has 84 valence electrons. The molecule has 0 amide bonds. The van der Waals surface area contributed by atoms with Crippen LogP contribution in [0.1, 0.15) is 5.56 Å². The van der Waals surface area contributed by atoms with Crippen molar-refractivity contribution in [2.75, 3.05) is 19.0 Å². The third-order valence-electron chi connectivity index (χ3n) is 1.67. The molecule has 6 heteroatoms. The quantitative estimate of drug-likeness (QED) is 0.631. The predicted octanol–water partition coefficient (Wildman–Crippen LogP) is 2.64. The summed E-state index contributed by atoms with van der Waals surface area (Å²) >= 11 is 0. The first-order chi connectivity index (χ1) is 6.95. The molecule has 0 bridgehead atoms. The number of benzene rings is 1. The van der Waals surface area contributed by atoms with Gasteiger partial charge in [-0.05, 0) is 18.2 Å². The van der Waals surface area contributed by atoms with Crippen LogP contribution in [-0.4, -0.2) is 13.3 Å². The summed E-state index contributed by atoms with van der Waals surface area (Å²) in [6.45, 7) is -0.948. The third-order valence-corrected chi connectivity index (χ3v) is 1.67. The Hall–Kier alpha value is -1.46. The Bertz CT molecular complexity index is 337. The molecule has 2 N–H and O–H groups in total. The fraction of sp³-hybridized carbons (Fsp3) is 0.333. The molecule has 0 saturated carbocycles. The minimum atomic E-state index is -4.44. The smallest absolute Gasteiger partial charge is 0.416 e. The molecule has 0 aromatic heterocycles. The van der Waals surface area contributed by atoms with Gasteiger partial charge in [-0.3, -0.25) is 0 Å². The Kier molecular flexibility index (Phi) is 3.39. The lowest BCUT2D eigenvalue weighted by molar-refractivity contribution is -0.137. The van der Waals surface area contributed by atoms with E-state index in [1.54, 1.807) is 0 Å². The topological polar surface area (TPSA) is 35.2 Å². The van der Waals surface area contributed by atoms with E-state index in [1.165, 1.54) is 0 Å². The highest BCUT2D eigenvalue weighted by molar-refractivity contribution is 5.54. The van der Waals surface area contributed by atoms with Gasteiger partial charge in [-0.15, -0.1) is 0 Å². The number of hydrogen-bond acceptors (Lipinski definition) is 2. The van der Waals surface area contributed by atoms with Gasteiger partial charge >= 0.3 is 6.18 Å². The molecule has 0 spiro atoms. The Morgan fingerprint density at radius 2 is 1.93 bits per heavy atom. The van der Waals surface area contributed by atoms with E-state index in [-0.39, 0.29) is 18.0 Å². The van der Waals surface area contributed by atoms with E-state index in [0.717, 1.165) is 18.2 Å². The van der Waals surface area contributed by atoms with Gasteiger partial charge in [0.1, 0.15) is 19.0 Å². The maximum absolute atomic E-state index is 12.2. The van der Waals surface area contributed by atoms with Gasteiger partial charge in [0, 0.05) is 0 Å². The average Bonchev–Trinajstić information content (AvgIpc) is 2.14. The molecule has 0 radical (unpaired) electrons. The van der Waals surface area contributed by atoms with Crippen LogP contribution in [0.4, 0.5) is 23.2 Å². The molecule has 0 unspecified atom stereocenters. The second-order valence-electron chi connectivity index (χ2n) is 2.79. The molecule has 1 rings (SSSR count). The van der Waals surface area contributed by atoms with Crippen molar-refractivity contribution in [2.45, 2.75) is 6.18 Å². The molecule has 1 aromatic carbocycles. The number of anilines is 1. The van der Waals surface area contributed by atoms with Gasteiger partial charge in [0.2, 0.25) is 0 Å². The zero-order valence-electron chi connectivity index (χ0n) is 7.64. The highest BCUT2D eigenvalue weighted by Crippen LogP contribution is 2.33. The lowest BCUT2D eigenvalue weighted by Crippen LogP contribution is -2.07. The van der Waals surface area contributed by atoms with Crippen LogP contribution in [0.2, 0.25) is 0 Å². The number of rotatable bonds is 3. The molecule has 0 aliphatic heterocycles. The molecule has 0 heterocycles. The molecule has 0 aliphatic carbocycles. The van der Waals surface area contributed by atoms with Crippen LogP contribution in [0.5, 0.6) is 5.75 Å². The molecular formula is C9H9F4NO. The van der Waals surface area contributed by atoms with Crippen molar-refractivity contribution in [3.05, 3.63) is 23.8 Å². The van der Waals surface area contributed by atoms with Gasteiger partial charge in [-0.2, -0.15) is 13.2 Å². The zero-order valence-corrected chi connectivity index (χ0v) is 7.64. The van der Waals surface area contributed by atoms with Crippen molar-refractivity contribution in [1.82, 2.24) is 0 Å². The normalized spacial score (nSPS) is 11.5. The summed E-state index contributed by atoms with van der Waals surface area (Å²) in [6, 6.07) is 2.67. The second-order valence-corrected chi connectivity index (χ2v) is 2.79.